The Morgan fingerprint density at radius 3 is 1.67 bits per heavy atom. The number of aromatic amines is 2. The summed E-state index contributed by atoms with van der Waals surface area (Å²) in [6.07, 6.45) is 7.66. The van der Waals surface area contributed by atoms with Gasteiger partial charge in [-0.1, -0.05) is 17.7 Å². The Kier molecular flexibility index (Phi) is 8.72. The van der Waals surface area contributed by atoms with Crippen molar-refractivity contribution in [3.63, 3.8) is 0 Å². The number of nitrogens with zero attached hydrogens (tertiary/aromatic N) is 4. The van der Waals surface area contributed by atoms with Crippen molar-refractivity contribution in [3.8, 4) is 11.5 Å². The fourth-order valence-electron chi connectivity index (χ4n) is 5.38. The van der Waals surface area contributed by atoms with Gasteiger partial charge < -0.3 is 30.9 Å². The highest BCUT2D eigenvalue weighted by Crippen LogP contribution is 2.37. The van der Waals surface area contributed by atoms with E-state index in [2.05, 4.69) is 36.0 Å². The number of sulfone groups is 2. The van der Waals surface area contributed by atoms with Crippen LogP contribution in [0.1, 0.15) is 25.0 Å². The Morgan fingerprint density at radius 2 is 1.19 bits per heavy atom. The molecular formula is C31H29ClN8O6S2. The lowest BCUT2D eigenvalue weighted by Crippen LogP contribution is -2.05. The van der Waals surface area contributed by atoms with E-state index >= 15 is 0 Å². The van der Waals surface area contributed by atoms with Gasteiger partial charge in [-0.2, -0.15) is 0 Å². The normalized spacial score (nSPS) is 13.3. The van der Waals surface area contributed by atoms with E-state index < -0.39 is 19.7 Å². The first-order valence-corrected chi connectivity index (χ1v) is 17.7. The van der Waals surface area contributed by atoms with Crippen LogP contribution in [0.5, 0.6) is 11.5 Å². The Morgan fingerprint density at radius 1 is 0.708 bits per heavy atom. The zero-order chi connectivity index (χ0) is 34.2. The lowest BCUT2D eigenvalue weighted by Gasteiger charge is -2.06. The van der Waals surface area contributed by atoms with Crippen molar-refractivity contribution in [2.45, 2.75) is 38.8 Å². The molecular weight excluding hydrogens is 680 g/mol. The van der Waals surface area contributed by atoms with Crippen LogP contribution in [-0.2, 0) is 19.7 Å². The topological polar surface area (TPSA) is 222 Å². The summed E-state index contributed by atoms with van der Waals surface area (Å²) < 4.78 is 62.0. The summed E-state index contributed by atoms with van der Waals surface area (Å²) in [6, 6.07) is 12.2. The average molecular weight is 709 g/mol. The number of hydrogen-bond donors (Lipinski definition) is 4. The molecule has 7 rings (SSSR count). The maximum absolute atomic E-state index is 13.1. The number of methoxy groups -OCH3 is 2. The van der Waals surface area contributed by atoms with Gasteiger partial charge in [-0.3, -0.25) is 0 Å². The molecule has 6 N–H and O–H groups in total. The molecule has 0 fully saturated rings. The summed E-state index contributed by atoms with van der Waals surface area (Å²) in [7, 11) is -4.67. The fraction of sp³-hybridized carbons (Fsp3) is 0.161. The van der Waals surface area contributed by atoms with Gasteiger partial charge in [-0.25, -0.2) is 36.8 Å². The summed E-state index contributed by atoms with van der Waals surface area (Å²) in [5.74, 6) is 1.16. The number of halogens is 1. The SMILES string of the molecule is COc1ccc(S(=O)(=O)c2c(N)[nH]c3c(C4=CCCC4)ncnc23)cc1.COc1ccc(S(=O)(=O)c2c(N)[nH]c3c(Cl)ncnc23)cc1. The van der Waals surface area contributed by atoms with E-state index in [0.717, 1.165) is 30.5 Å². The largest absolute Gasteiger partial charge is 0.497 e. The molecule has 6 aromatic rings. The minimum atomic E-state index is -3.86. The molecule has 1 aliphatic carbocycles. The van der Waals surface area contributed by atoms with Crippen molar-refractivity contribution in [3.05, 3.63) is 78.1 Å². The number of rotatable bonds is 7. The quantitative estimate of drug-likeness (QED) is 0.161. The van der Waals surface area contributed by atoms with Crippen molar-refractivity contribution in [1.82, 2.24) is 29.9 Å². The maximum atomic E-state index is 13.1. The van der Waals surface area contributed by atoms with Crippen molar-refractivity contribution < 1.29 is 26.3 Å². The van der Waals surface area contributed by atoms with E-state index in [4.69, 9.17) is 32.5 Å². The van der Waals surface area contributed by atoms with Gasteiger partial charge in [-0.05, 0) is 73.4 Å². The van der Waals surface area contributed by atoms with Gasteiger partial charge in [0, 0.05) is 0 Å². The standard InChI is InChI=1S/C18H18N4O3S.C13H11ClN4O3S/c1-25-12-6-8-13(9-7-12)26(23,24)17-16-15(22-18(17)19)14(20-10-21-16)11-4-2-3-5-11;1-21-7-2-4-8(5-3-7)22(19,20)11-9-10(18-13(11)15)12(14)17-6-16-9/h4,6-10,22H,2-3,5,19H2,1H3;2-6,18H,15H2,1H3. The predicted molar refractivity (Wildman–Crippen MR) is 180 cm³/mol. The van der Waals surface area contributed by atoms with Gasteiger partial charge in [0.05, 0.1) is 35.2 Å². The molecule has 2 aromatic carbocycles. The molecule has 0 amide bonds. The van der Waals surface area contributed by atoms with Crippen LogP contribution in [0.2, 0.25) is 5.15 Å². The van der Waals surface area contributed by atoms with Crippen LogP contribution in [0, 0.1) is 0 Å². The van der Waals surface area contributed by atoms with Crippen LogP contribution in [0.15, 0.2) is 86.8 Å². The van der Waals surface area contributed by atoms with Crippen LogP contribution < -0.4 is 20.9 Å². The van der Waals surface area contributed by atoms with Gasteiger partial charge in [0.2, 0.25) is 19.7 Å². The molecule has 48 heavy (non-hydrogen) atoms. The number of ether oxygens (including phenoxy) is 2. The van der Waals surface area contributed by atoms with Crippen LogP contribution >= 0.6 is 11.6 Å². The number of benzene rings is 2. The number of fused-ring (bicyclic) bond motifs is 2. The second kappa shape index (κ2) is 12.8. The monoisotopic (exact) mass is 708 g/mol. The van der Waals surface area contributed by atoms with Crippen molar-refractivity contribution >= 4 is 70.6 Å². The van der Waals surface area contributed by atoms with Crippen LogP contribution in [0.4, 0.5) is 11.6 Å². The smallest absolute Gasteiger partial charge is 0.212 e. The Balaban J connectivity index is 0.000000170. The summed E-state index contributed by atoms with van der Waals surface area (Å²) in [5, 5.41) is 0.105. The third kappa shape index (κ3) is 5.78. The molecule has 4 heterocycles. The van der Waals surface area contributed by atoms with E-state index in [1.807, 2.05) is 0 Å². The molecule has 0 unspecified atom stereocenters. The third-order valence-electron chi connectivity index (χ3n) is 7.71. The van der Waals surface area contributed by atoms with Crippen LogP contribution in [0.3, 0.4) is 0 Å². The van der Waals surface area contributed by atoms with Gasteiger partial charge >= 0.3 is 0 Å². The van der Waals surface area contributed by atoms with E-state index in [-0.39, 0.29) is 47.4 Å². The number of aromatic nitrogens is 6. The number of nitrogens with one attached hydrogen (secondary N) is 2. The molecule has 0 spiro atoms. The molecule has 0 saturated heterocycles. The number of H-pyrrole nitrogens is 2. The number of nitrogen functional groups attached to an aromatic ring is 2. The van der Waals surface area contributed by atoms with Gasteiger partial charge in [0.1, 0.15) is 62.1 Å². The fourth-order valence-corrected chi connectivity index (χ4v) is 8.52. The molecule has 17 heteroatoms. The number of allylic oxidation sites excluding steroid dienone is 2. The first-order valence-electron chi connectivity index (χ1n) is 14.3. The van der Waals surface area contributed by atoms with Crippen LogP contribution in [0.25, 0.3) is 27.6 Å². The Bertz CT molecular complexity index is 2410. The Labute approximate surface area is 280 Å². The molecule has 0 bridgehead atoms. The van der Waals surface area contributed by atoms with Crippen molar-refractivity contribution in [1.29, 1.82) is 0 Å². The molecule has 0 aliphatic heterocycles. The van der Waals surface area contributed by atoms with E-state index in [0.29, 0.717) is 22.5 Å². The zero-order valence-corrected chi connectivity index (χ0v) is 27.9. The van der Waals surface area contributed by atoms with E-state index in [1.54, 1.807) is 24.3 Å². The molecule has 14 nitrogen and oxygen atoms in total. The minimum Gasteiger partial charge on any atom is -0.497 e. The molecule has 0 atom stereocenters. The first-order chi connectivity index (χ1) is 23.0. The molecule has 1 aliphatic rings. The summed E-state index contributed by atoms with van der Waals surface area (Å²) in [5.41, 5.74) is 15.0. The highest BCUT2D eigenvalue weighted by atomic mass is 35.5. The van der Waals surface area contributed by atoms with Gasteiger partial charge in [0.15, 0.2) is 5.15 Å². The zero-order valence-electron chi connectivity index (χ0n) is 25.6. The number of nitrogens with two attached hydrogens (primary N) is 2. The maximum Gasteiger partial charge on any atom is 0.212 e. The second-order valence-corrected chi connectivity index (χ2v) is 14.7. The van der Waals surface area contributed by atoms with Crippen molar-refractivity contribution in [2.75, 3.05) is 25.7 Å². The molecule has 0 radical (unpaired) electrons. The average Bonchev–Trinajstić information content (AvgIpc) is 3.82. The second-order valence-electron chi connectivity index (χ2n) is 10.5. The highest BCUT2D eigenvalue weighted by Gasteiger charge is 2.29. The predicted octanol–water partition coefficient (Wildman–Crippen LogP) is 4.98. The molecule has 248 valence electrons. The third-order valence-corrected chi connectivity index (χ3v) is 11.7. The lowest BCUT2D eigenvalue weighted by atomic mass is 10.1. The van der Waals surface area contributed by atoms with E-state index in [9.17, 15) is 16.8 Å². The van der Waals surface area contributed by atoms with E-state index in [1.165, 1.54) is 51.1 Å². The highest BCUT2D eigenvalue weighted by molar-refractivity contribution is 7.92. The van der Waals surface area contributed by atoms with Gasteiger partial charge in [-0.15, -0.1) is 0 Å². The summed E-state index contributed by atoms with van der Waals surface area (Å²) in [4.78, 5) is 22.1. The minimum absolute atomic E-state index is 0.0140. The lowest BCUT2D eigenvalue weighted by molar-refractivity contribution is 0.414. The molecule has 0 saturated carbocycles. The summed E-state index contributed by atoms with van der Waals surface area (Å²) >= 11 is 5.93. The van der Waals surface area contributed by atoms with Crippen molar-refractivity contribution in [2.24, 2.45) is 0 Å². The van der Waals surface area contributed by atoms with Crippen LogP contribution in [-0.4, -0.2) is 61.0 Å². The summed E-state index contributed by atoms with van der Waals surface area (Å²) in [6.45, 7) is 0. The van der Waals surface area contributed by atoms with Gasteiger partial charge in [0.25, 0.3) is 0 Å². The number of hydrogen-bond acceptors (Lipinski definition) is 12. The molecule has 4 aromatic heterocycles. The number of anilines is 2. The Hall–Kier alpha value is -5.19. The first kappa shape index (κ1) is 32.7.